The van der Waals surface area contributed by atoms with Gasteiger partial charge in [-0.2, -0.15) is 0 Å². The Morgan fingerprint density at radius 1 is 1.25 bits per heavy atom. The third kappa shape index (κ3) is 5.54. The molecule has 0 unspecified atom stereocenters. The van der Waals surface area contributed by atoms with Crippen molar-refractivity contribution < 1.29 is 9.84 Å². The summed E-state index contributed by atoms with van der Waals surface area (Å²) in [7, 11) is 0. The molecule has 1 saturated heterocycles. The van der Waals surface area contributed by atoms with E-state index in [1.165, 1.54) is 5.56 Å². The molecule has 1 heterocycles. The highest BCUT2D eigenvalue weighted by Gasteiger charge is 2.11. The molecule has 112 valence electrons. The van der Waals surface area contributed by atoms with E-state index in [9.17, 15) is 5.11 Å². The Hall–Kier alpha value is -1.02. The highest BCUT2D eigenvalue weighted by molar-refractivity contribution is 14.0. The molecule has 0 aliphatic carbocycles. The maximum atomic E-state index is 9.19. The summed E-state index contributed by atoms with van der Waals surface area (Å²) >= 11 is 0. The number of halogens is 1. The second kappa shape index (κ2) is 9.02. The van der Waals surface area contributed by atoms with Gasteiger partial charge in [0.15, 0.2) is 5.96 Å². The lowest BCUT2D eigenvalue weighted by molar-refractivity contribution is 0.0674. The van der Waals surface area contributed by atoms with E-state index in [-0.39, 0.29) is 24.0 Å². The summed E-state index contributed by atoms with van der Waals surface area (Å²) in [5.41, 5.74) is 7.14. The van der Waals surface area contributed by atoms with Crippen molar-refractivity contribution in [2.75, 3.05) is 32.8 Å². The fourth-order valence-corrected chi connectivity index (χ4v) is 2.03. The first-order valence-electron chi connectivity index (χ1n) is 6.66. The number of phenolic OH excluding ortho intramolecular Hbond substituents is 1. The number of hydrogen-bond donors (Lipinski definition) is 2. The molecule has 20 heavy (non-hydrogen) atoms. The summed E-state index contributed by atoms with van der Waals surface area (Å²) in [6.45, 7) is 3.83. The molecule has 1 aromatic carbocycles. The number of morpholine rings is 1. The van der Waals surface area contributed by atoms with E-state index in [1.807, 2.05) is 12.1 Å². The molecular formula is C14H22IN3O2. The van der Waals surface area contributed by atoms with Crippen LogP contribution in [0.2, 0.25) is 0 Å². The normalized spacial score (nSPS) is 15.8. The third-order valence-electron chi connectivity index (χ3n) is 3.17. The van der Waals surface area contributed by atoms with Gasteiger partial charge in [0.2, 0.25) is 0 Å². The number of aliphatic imine (C=N–C) groups is 1. The molecule has 0 aromatic heterocycles. The van der Waals surface area contributed by atoms with Crippen molar-refractivity contribution in [1.29, 1.82) is 0 Å². The van der Waals surface area contributed by atoms with Crippen molar-refractivity contribution in [3.63, 3.8) is 0 Å². The lowest BCUT2D eigenvalue weighted by atomic mass is 10.1. The average Bonchev–Trinajstić information content (AvgIpc) is 2.46. The van der Waals surface area contributed by atoms with Gasteiger partial charge in [-0.25, -0.2) is 0 Å². The molecule has 1 aliphatic rings. The van der Waals surface area contributed by atoms with Crippen LogP contribution in [0.1, 0.15) is 12.0 Å². The number of guanidine groups is 1. The van der Waals surface area contributed by atoms with Gasteiger partial charge in [-0.3, -0.25) is 4.99 Å². The molecule has 1 fully saturated rings. The second-order valence-corrected chi connectivity index (χ2v) is 4.61. The first-order valence-corrected chi connectivity index (χ1v) is 6.66. The SMILES string of the molecule is I.NC(=NCCCc1ccc(O)cc1)N1CCOCC1. The van der Waals surface area contributed by atoms with Crippen LogP contribution in [0.4, 0.5) is 0 Å². The first-order chi connectivity index (χ1) is 9.25. The van der Waals surface area contributed by atoms with Crippen molar-refractivity contribution in [2.24, 2.45) is 10.7 Å². The van der Waals surface area contributed by atoms with E-state index in [1.54, 1.807) is 12.1 Å². The molecule has 6 heteroatoms. The zero-order chi connectivity index (χ0) is 13.5. The Morgan fingerprint density at radius 3 is 2.55 bits per heavy atom. The number of ether oxygens (including phenoxy) is 1. The lowest BCUT2D eigenvalue weighted by Gasteiger charge is -2.27. The van der Waals surface area contributed by atoms with E-state index < -0.39 is 0 Å². The third-order valence-corrected chi connectivity index (χ3v) is 3.17. The molecule has 2 rings (SSSR count). The van der Waals surface area contributed by atoms with E-state index in [0.717, 1.165) is 45.7 Å². The number of hydrogen-bond acceptors (Lipinski definition) is 3. The van der Waals surface area contributed by atoms with Gasteiger partial charge in [0.05, 0.1) is 13.2 Å². The number of rotatable bonds is 4. The van der Waals surface area contributed by atoms with E-state index >= 15 is 0 Å². The van der Waals surface area contributed by atoms with Crippen LogP contribution in [0.3, 0.4) is 0 Å². The molecule has 3 N–H and O–H groups in total. The van der Waals surface area contributed by atoms with E-state index in [2.05, 4.69) is 9.89 Å². The molecule has 0 amide bonds. The molecule has 0 spiro atoms. The van der Waals surface area contributed by atoms with Gasteiger partial charge >= 0.3 is 0 Å². The Labute approximate surface area is 136 Å². The van der Waals surface area contributed by atoms with Gasteiger partial charge in [0.25, 0.3) is 0 Å². The van der Waals surface area contributed by atoms with Gasteiger partial charge in [0.1, 0.15) is 5.75 Å². The molecule has 1 aliphatic heterocycles. The molecule has 5 nitrogen and oxygen atoms in total. The van der Waals surface area contributed by atoms with Crippen LogP contribution < -0.4 is 5.73 Å². The summed E-state index contributed by atoms with van der Waals surface area (Å²) in [6.07, 6.45) is 1.90. The number of aromatic hydroxyl groups is 1. The minimum atomic E-state index is 0. The quantitative estimate of drug-likeness (QED) is 0.354. The number of nitrogens with two attached hydrogens (primary N) is 1. The Balaban J connectivity index is 0.00000200. The van der Waals surface area contributed by atoms with Crippen molar-refractivity contribution in [2.45, 2.75) is 12.8 Å². The fraction of sp³-hybridized carbons (Fsp3) is 0.500. The molecular weight excluding hydrogens is 369 g/mol. The van der Waals surface area contributed by atoms with Crippen molar-refractivity contribution in [3.05, 3.63) is 29.8 Å². The molecule has 0 saturated carbocycles. The van der Waals surface area contributed by atoms with E-state index in [0.29, 0.717) is 11.7 Å². The van der Waals surface area contributed by atoms with Crippen LogP contribution in [0.25, 0.3) is 0 Å². The standard InChI is InChI=1S/C14H21N3O2.HI/c15-14(17-8-10-19-11-9-17)16-7-1-2-12-3-5-13(18)6-4-12;/h3-6,18H,1-2,7-11H2,(H2,15,16);1H. The molecule has 1 aromatic rings. The molecule has 0 bridgehead atoms. The van der Waals surface area contributed by atoms with Gasteiger partial charge in [-0.1, -0.05) is 12.1 Å². The Morgan fingerprint density at radius 2 is 1.90 bits per heavy atom. The number of phenols is 1. The van der Waals surface area contributed by atoms with Crippen LogP contribution in [0.15, 0.2) is 29.3 Å². The molecule has 0 atom stereocenters. The Kier molecular flexibility index (Phi) is 7.68. The zero-order valence-electron chi connectivity index (χ0n) is 11.5. The number of nitrogens with zero attached hydrogens (tertiary/aromatic N) is 2. The van der Waals surface area contributed by atoms with Crippen LogP contribution in [-0.2, 0) is 11.2 Å². The summed E-state index contributed by atoms with van der Waals surface area (Å²) < 4.78 is 5.27. The second-order valence-electron chi connectivity index (χ2n) is 4.61. The zero-order valence-corrected chi connectivity index (χ0v) is 13.8. The van der Waals surface area contributed by atoms with Crippen LogP contribution in [0.5, 0.6) is 5.75 Å². The highest BCUT2D eigenvalue weighted by atomic mass is 127. The number of benzene rings is 1. The summed E-state index contributed by atoms with van der Waals surface area (Å²) in [6, 6.07) is 7.29. The van der Waals surface area contributed by atoms with Gasteiger partial charge in [-0.15, -0.1) is 24.0 Å². The maximum Gasteiger partial charge on any atom is 0.191 e. The summed E-state index contributed by atoms with van der Waals surface area (Å²) in [4.78, 5) is 6.46. The molecule has 0 radical (unpaired) electrons. The fourth-order valence-electron chi connectivity index (χ4n) is 2.03. The van der Waals surface area contributed by atoms with Crippen LogP contribution in [-0.4, -0.2) is 48.8 Å². The highest BCUT2D eigenvalue weighted by Crippen LogP contribution is 2.11. The maximum absolute atomic E-state index is 9.19. The first kappa shape index (κ1) is 17.0. The average molecular weight is 391 g/mol. The van der Waals surface area contributed by atoms with Gasteiger partial charge in [-0.05, 0) is 30.5 Å². The predicted molar refractivity (Wildman–Crippen MR) is 90.7 cm³/mol. The predicted octanol–water partition coefficient (Wildman–Crippen LogP) is 1.59. The van der Waals surface area contributed by atoms with Crippen LogP contribution >= 0.6 is 24.0 Å². The van der Waals surface area contributed by atoms with Crippen molar-refractivity contribution >= 4 is 29.9 Å². The van der Waals surface area contributed by atoms with Gasteiger partial charge < -0.3 is 20.5 Å². The van der Waals surface area contributed by atoms with E-state index in [4.69, 9.17) is 10.5 Å². The monoisotopic (exact) mass is 391 g/mol. The lowest BCUT2D eigenvalue weighted by Crippen LogP contribution is -2.44. The minimum Gasteiger partial charge on any atom is -0.508 e. The largest absolute Gasteiger partial charge is 0.508 e. The van der Waals surface area contributed by atoms with Gasteiger partial charge in [0, 0.05) is 19.6 Å². The van der Waals surface area contributed by atoms with Crippen molar-refractivity contribution in [3.8, 4) is 5.75 Å². The summed E-state index contributed by atoms with van der Waals surface area (Å²) in [5, 5.41) is 9.19. The smallest absolute Gasteiger partial charge is 0.191 e. The summed E-state index contributed by atoms with van der Waals surface area (Å²) in [5.74, 6) is 0.923. The van der Waals surface area contributed by atoms with Crippen LogP contribution in [0, 0.1) is 0 Å². The minimum absolute atomic E-state index is 0. The number of aryl methyl sites for hydroxylation is 1. The Bertz CT molecular complexity index is 417. The topological polar surface area (TPSA) is 71.1 Å². The van der Waals surface area contributed by atoms with Crippen molar-refractivity contribution in [1.82, 2.24) is 4.90 Å².